The van der Waals surface area contributed by atoms with Crippen LogP contribution in [0.5, 0.6) is 0 Å². The Labute approximate surface area is 204 Å². The smallest absolute Gasteiger partial charge is 0.325 e. The number of nitrogens with one attached hydrogen (secondary N) is 1. The van der Waals surface area contributed by atoms with Crippen LogP contribution in [0.4, 0.5) is 0 Å². The van der Waals surface area contributed by atoms with E-state index in [0.717, 1.165) is 5.39 Å². The first kappa shape index (κ1) is 25.9. The van der Waals surface area contributed by atoms with Crippen molar-refractivity contribution in [3.8, 4) is 0 Å². The maximum absolute atomic E-state index is 13.3. The zero-order chi connectivity index (χ0) is 25.4. The minimum atomic E-state index is -4.25. The molecule has 0 aliphatic heterocycles. The molecule has 0 aliphatic carbocycles. The topological polar surface area (TPSA) is 110 Å². The minimum absolute atomic E-state index is 0.0297. The Balaban J connectivity index is 1.88. The van der Waals surface area contributed by atoms with Crippen molar-refractivity contribution in [2.45, 2.75) is 25.2 Å². The predicted octanol–water partition coefficient (Wildman–Crippen LogP) is 2.92. The van der Waals surface area contributed by atoms with Crippen LogP contribution in [0.1, 0.15) is 19.4 Å². The number of nitrogens with zero attached hydrogens (tertiary/aromatic N) is 1. The fourth-order valence-electron chi connectivity index (χ4n) is 3.67. The van der Waals surface area contributed by atoms with E-state index < -0.39 is 33.7 Å². The lowest BCUT2D eigenvalue weighted by Crippen LogP contribution is -2.47. The van der Waals surface area contributed by atoms with Gasteiger partial charge < -0.3 is 9.64 Å². The number of ether oxygens (including phenoxy) is 1. The number of fused-ring (bicyclic) bond motifs is 1. The molecule has 3 aromatic carbocycles. The first-order chi connectivity index (χ1) is 16.7. The van der Waals surface area contributed by atoms with Crippen LogP contribution in [0.2, 0.25) is 0 Å². The van der Waals surface area contributed by atoms with Crippen molar-refractivity contribution < 1.29 is 27.5 Å². The number of benzene rings is 3. The zero-order valence-electron chi connectivity index (χ0n) is 19.6. The molecule has 1 atom stereocenters. The highest BCUT2D eigenvalue weighted by atomic mass is 32.2. The molecule has 3 aromatic rings. The number of sulfonamides is 1. The molecule has 0 aromatic heterocycles. The summed E-state index contributed by atoms with van der Waals surface area (Å²) in [7, 11) is -4.25. The van der Waals surface area contributed by atoms with E-state index in [9.17, 15) is 22.8 Å². The van der Waals surface area contributed by atoms with E-state index in [1.165, 1.54) is 17.0 Å². The first-order valence-corrected chi connectivity index (χ1v) is 12.8. The monoisotopic (exact) mass is 496 g/mol. The summed E-state index contributed by atoms with van der Waals surface area (Å²) in [5.41, 5.74) is 0.677. The summed E-state index contributed by atoms with van der Waals surface area (Å²) >= 11 is 0. The molecule has 0 saturated carbocycles. The summed E-state index contributed by atoms with van der Waals surface area (Å²) in [6.07, 6.45) is -0.0297. The van der Waals surface area contributed by atoms with Gasteiger partial charge in [0, 0.05) is 6.54 Å². The molecule has 0 fully saturated rings. The van der Waals surface area contributed by atoms with Gasteiger partial charge in [-0.1, -0.05) is 60.7 Å². The number of hydrogen-bond donors (Lipinski definition) is 1. The number of esters is 1. The van der Waals surface area contributed by atoms with Gasteiger partial charge in [-0.05, 0) is 48.7 Å². The number of likely N-dealkylation sites (N-methyl/N-ethyl adjacent to an activating group) is 1. The Morgan fingerprint density at radius 3 is 2.23 bits per heavy atom. The van der Waals surface area contributed by atoms with Gasteiger partial charge in [0.25, 0.3) is 10.0 Å². The maximum Gasteiger partial charge on any atom is 0.325 e. The van der Waals surface area contributed by atoms with Crippen molar-refractivity contribution >= 4 is 38.6 Å². The Hall–Kier alpha value is -3.72. The minimum Gasteiger partial charge on any atom is -0.465 e. The highest BCUT2D eigenvalue weighted by Gasteiger charge is 2.34. The van der Waals surface area contributed by atoms with Crippen molar-refractivity contribution in [2.75, 3.05) is 19.7 Å². The highest BCUT2D eigenvalue weighted by molar-refractivity contribution is 7.90. The fourth-order valence-corrected chi connectivity index (χ4v) is 4.72. The van der Waals surface area contributed by atoms with E-state index in [2.05, 4.69) is 4.72 Å². The molecular formula is C26H28N2O6S. The number of carbonyl (C=O) groups is 3. The van der Waals surface area contributed by atoms with E-state index in [-0.39, 0.29) is 31.0 Å². The summed E-state index contributed by atoms with van der Waals surface area (Å²) in [5.74, 6) is -3.59. The van der Waals surface area contributed by atoms with Crippen LogP contribution >= 0.6 is 0 Å². The molecule has 8 nitrogen and oxygen atoms in total. The van der Waals surface area contributed by atoms with Crippen LogP contribution in [0.3, 0.4) is 0 Å². The normalized spacial score (nSPS) is 12.1. The molecule has 184 valence electrons. The second-order valence-electron chi connectivity index (χ2n) is 7.88. The molecule has 0 aliphatic rings. The SMILES string of the molecule is CCOC(=O)CN(CC)C(=O)C(Cc1ccccc1)C(=O)NS(=O)(=O)c1ccc2ccccc2c1. The molecule has 0 bridgehead atoms. The average Bonchev–Trinajstić information content (AvgIpc) is 2.85. The standard InChI is InChI=1S/C26H28N2O6S/c1-3-28(18-24(29)34-4-2)26(31)23(16-19-10-6-5-7-11-19)25(30)27-35(32,33)22-15-14-20-12-8-9-13-21(20)17-22/h5-15,17,23H,3-4,16,18H2,1-2H3,(H,27,30). The Morgan fingerprint density at radius 2 is 1.57 bits per heavy atom. The molecular weight excluding hydrogens is 468 g/mol. The second kappa shape index (κ2) is 11.6. The maximum atomic E-state index is 13.3. The number of hydrogen-bond acceptors (Lipinski definition) is 6. The Bertz CT molecular complexity index is 1310. The van der Waals surface area contributed by atoms with Gasteiger partial charge in [-0.15, -0.1) is 0 Å². The van der Waals surface area contributed by atoms with Gasteiger partial charge in [0.1, 0.15) is 12.5 Å². The quantitative estimate of drug-likeness (QED) is 0.341. The van der Waals surface area contributed by atoms with Crippen molar-refractivity contribution in [3.05, 3.63) is 78.4 Å². The number of carbonyl (C=O) groups excluding carboxylic acids is 3. The summed E-state index contributed by atoms with van der Waals surface area (Å²) in [4.78, 5) is 39.6. The number of rotatable bonds is 10. The van der Waals surface area contributed by atoms with Crippen molar-refractivity contribution in [1.29, 1.82) is 0 Å². The zero-order valence-corrected chi connectivity index (χ0v) is 20.5. The third-order valence-electron chi connectivity index (χ3n) is 5.48. The molecule has 3 rings (SSSR count). The molecule has 0 radical (unpaired) electrons. The number of amides is 2. The average molecular weight is 497 g/mol. The lowest BCUT2D eigenvalue weighted by molar-refractivity contribution is -0.151. The summed E-state index contributed by atoms with van der Waals surface area (Å²) < 4.78 is 33.1. The third kappa shape index (κ3) is 6.66. The lowest BCUT2D eigenvalue weighted by Gasteiger charge is -2.25. The van der Waals surface area contributed by atoms with Gasteiger partial charge in [-0.3, -0.25) is 14.4 Å². The molecule has 2 amide bonds. The molecule has 0 saturated heterocycles. The molecule has 0 heterocycles. The Morgan fingerprint density at radius 1 is 0.914 bits per heavy atom. The van der Waals surface area contributed by atoms with Crippen LogP contribution in [0.25, 0.3) is 10.8 Å². The summed E-state index contributed by atoms with van der Waals surface area (Å²) in [6, 6.07) is 20.6. The van der Waals surface area contributed by atoms with Crippen LogP contribution in [0.15, 0.2) is 77.7 Å². The van der Waals surface area contributed by atoms with E-state index in [1.54, 1.807) is 62.4 Å². The van der Waals surface area contributed by atoms with E-state index in [0.29, 0.717) is 10.9 Å². The van der Waals surface area contributed by atoms with Gasteiger partial charge in [-0.25, -0.2) is 13.1 Å². The molecule has 9 heteroatoms. The first-order valence-electron chi connectivity index (χ1n) is 11.3. The highest BCUT2D eigenvalue weighted by Crippen LogP contribution is 2.20. The molecule has 1 N–H and O–H groups in total. The van der Waals surface area contributed by atoms with Crippen LogP contribution in [-0.4, -0.2) is 50.8 Å². The molecule has 1 unspecified atom stereocenters. The largest absolute Gasteiger partial charge is 0.465 e. The van der Waals surface area contributed by atoms with Crippen LogP contribution in [-0.2, 0) is 35.6 Å². The van der Waals surface area contributed by atoms with E-state index in [4.69, 9.17) is 4.74 Å². The van der Waals surface area contributed by atoms with Gasteiger partial charge in [0.15, 0.2) is 0 Å². The van der Waals surface area contributed by atoms with Gasteiger partial charge in [0.2, 0.25) is 11.8 Å². The lowest BCUT2D eigenvalue weighted by atomic mass is 9.97. The second-order valence-corrected chi connectivity index (χ2v) is 9.56. The van der Waals surface area contributed by atoms with Crippen LogP contribution < -0.4 is 4.72 Å². The van der Waals surface area contributed by atoms with E-state index >= 15 is 0 Å². The molecule has 35 heavy (non-hydrogen) atoms. The van der Waals surface area contributed by atoms with Gasteiger partial charge in [-0.2, -0.15) is 0 Å². The van der Waals surface area contributed by atoms with Crippen molar-refractivity contribution in [2.24, 2.45) is 5.92 Å². The fraction of sp³-hybridized carbons (Fsp3) is 0.269. The predicted molar refractivity (Wildman–Crippen MR) is 132 cm³/mol. The Kier molecular flexibility index (Phi) is 8.59. The van der Waals surface area contributed by atoms with Crippen molar-refractivity contribution in [1.82, 2.24) is 9.62 Å². The summed E-state index contributed by atoms with van der Waals surface area (Å²) in [6.45, 7) is 3.29. The van der Waals surface area contributed by atoms with Gasteiger partial charge in [0.05, 0.1) is 11.5 Å². The summed E-state index contributed by atoms with van der Waals surface area (Å²) in [5, 5.41) is 1.55. The van der Waals surface area contributed by atoms with E-state index in [1.807, 2.05) is 12.1 Å². The molecule has 0 spiro atoms. The third-order valence-corrected chi connectivity index (χ3v) is 6.83. The van der Waals surface area contributed by atoms with Crippen LogP contribution in [0, 0.1) is 5.92 Å². The van der Waals surface area contributed by atoms with Gasteiger partial charge >= 0.3 is 5.97 Å². The van der Waals surface area contributed by atoms with Crippen molar-refractivity contribution in [3.63, 3.8) is 0 Å².